The molecule has 1 heterocycles. The number of ketones is 1. The molecular weight excluding hydrogens is 416 g/mol. The summed E-state index contributed by atoms with van der Waals surface area (Å²) in [6.45, 7) is 4.30. The van der Waals surface area contributed by atoms with Crippen LogP contribution >= 0.6 is 0 Å². The van der Waals surface area contributed by atoms with Gasteiger partial charge in [-0.2, -0.15) is 5.26 Å². The largest absolute Gasteiger partial charge is 0.507 e. The van der Waals surface area contributed by atoms with E-state index in [1.165, 1.54) is 4.90 Å². The second-order valence-corrected chi connectivity index (χ2v) is 7.70. The van der Waals surface area contributed by atoms with Crippen molar-refractivity contribution in [2.75, 3.05) is 11.5 Å². The molecule has 0 saturated carbocycles. The first-order valence-corrected chi connectivity index (χ1v) is 10.6. The molecule has 1 N–H and O–H groups in total. The summed E-state index contributed by atoms with van der Waals surface area (Å²) in [6, 6.07) is 21.9. The molecule has 0 radical (unpaired) electrons. The fourth-order valence-electron chi connectivity index (χ4n) is 3.98. The minimum Gasteiger partial charge on any atom is -0.507 e. The highest BCUT2D eigenvalue weighted by molar-refractivity contribution is 6.51. The summed E-state index contributed by atoms with van der Waals surface area (Å²) >= 11 is 0. The van der Waals surface area contributed by atoms with E-state index >= 15 is 0 Å². The number of hydrogen-bond acceptors (Lipinski definition) is 5. The van der Waals surface area contributed by atoms with E-state index in [-0.39, 0.29) is 11.3 Å². The molecule has 3 aromatic carbocycles. The Hall–Kier alpha value is -4.37. The summed E-state index contributed by atoms with van der Waals surface area (Å²) in [5.41, 5.74) is 2.99. The number of anilines is 1. The lowest BCUT2D eigenvalue weighted by molar-refractivity contribution is -0.132. The Morgan fingerprint density at radius 1 is 1.06 bits per heavy atom. The zero-order valence-electron chi connectivity index (χ0n) is 18.3. The Balaban J connectivity index is 1.89. The first-order chi connectivity index (χ1) is 15.9. The Morgan fingerprint density at radius 2 is 1.76 bits per heavy atom. The molecule has 3 aromatic rings. The van der Waals surface area contributed by atoms with E-state index in [2.05, 4.69) is 0 Å². The molecule has 6 nitrogen and oxygen atoms in total. The lowest BCUT2D eigenvalue weighted by atomic mass is 9.94. The van der Waals surface area contributed by atoms with Gasteiger partial charge in [-0.3, -0.25) is 14.5 Å². The second kappa shape index (κ2) is 9.01. The topological polar surface area (TPSA) is 90.6 Å². The van der Waals surface area contributed by atoms with E-state index in [9.17, 15) is 14.7 Å². The number of aliphatic hydroxyl groups excluding tert-OH is 1. The average Bonchev–Trinajstić information content (AvgIpc) is 3.10. The van der Waals surface area contributed by atoms with Gasteiger partial charge in [0.05, 0.1) is 29.9 Å². The van der Waals surface area contributed by atoms with Gasteiger partial charge in [0.1, 0.15) is 11.5 Å². The van der Waals surface area contributed by atoms with Crippen molar-refractivity contribution in [3.63, 3.8) is 0 Å². The van der Waals surface area contributed by atoms with Gasteiger partial charge in [-0.05, 0) is 67.9 Å². The molecule has 0 aliphatic carbocycles. The third kappa shape index (κ3) is 4.09. The third-order valence-electron chi connectivity index (χ3n) is 5.52. The molecular formula is C27H22N2O4. The van der Waals surface area contributed by atoms with Crippen molar-refractivity contribution in [2.45, 2.75) is 19.9 Å². The van der Waals surface area contributed by atoms with Gasteiger partial charge in [0, 0.05) is 11.3 Å². The van der Waals surface area contributed by atoms with Gasteiger partial charge in [0.25, 0.3) is 11.7 Å². The van der Waals surface area contributed by atoms with Crippen molar-refractivity contribution < 1.29 is 19.4 Å². The molecule has 0 aromatic heterocycles. The first kappa shape index (κ1) is 21.8. The van der Waals surface area contributed by atoms with Crippen LogP contribution in [0.4, 0.5) is 5.69 Å². The van der Waals surface area contributed by atoms with E-state index in [0.717, 1.165) is 5.56 Å². The molecule has 164 valence electrons. The van der Waals surface area contributed by atoms with E-state index in [0.29, 0.717) is 34.7 Å². The first-order valence-electron chi connectivity index (χ1n) is 10.6. The fraction of sp³-hybridized carbons (Fsp3) is 0.148. The quantitative estimate of drug-likeness (QED) is 0.348. The molecule has 1 unspecified atom stereocenters. The Bertz CT molecular complexity index is 1280. The predicted octanol–water partition coefficient (Wildman–Crippen LogP) is 4.89. The summed E-state index contributed by atoms with van der Waals surface area (Å²) in [5, 5.41) is 20.3. The number of ether oxygens (including phenoxy) is 1. The van der Waals surface area contributed by atoms with Crippen molar-refractivity contribution in [1.82, 2.24) is 0 Å². The summed E-state index contributed by atoms with van der Waals surface area (Å²) in [6.07, 6.45) is 0. The number of nitriles is 1. The third-order valence-corrected chi connectivity index (χ3v) is 5.52. The maximum atomic E-state index is 13.2. The molecule has 1 atom stereocenters. The molecule has 1 aliphatic rings. The molecule has 1 saturated heterocycles. The monoisotopic (exact) mass is 438 g/mol. The van der Waals surface area contributed by atoms with Crippen LogP contribution in [-0.4, -0.2) is 23.4 Å². The van der Waals surface area contributed by atoms with Crippen LogP contribution in [0.1, 0.15) is 35.2 Å². The predicted molar refractivity (Wildman–Crippen MR) is 125 cm³/mol. The van der Waals surface area contributed by atoms with Crippen LogP contribution in [0, 0.1) is 18.3 Å². The van der Waals surface area contributed by atoms with E-state index in [1.807, 2.05) is 44.2 Å². The second-order valence-electron chi connectivity index (χ2n) is 7.70. The van der Waals surface area contributed by atoms with Gasteiger partial charge in [-0.15, -0.1) is 0 Å². The number of aliphatic hydroxyl groups is 1. The van der Waals surface area contributed by atoms with Gasteiger partial charge < -0.3 is 9.84 Å². The van der Waals surface area contributed by atoms with Crippen LogP contribution in [0.5, 0.6) is 5.75 Å². The van der Waals surface area contributed by atoms with Crippen molar-refractivity contribution in [2.24, 2.45) is 0 Å². The summed E-state index contributed by atoms with van der Waals surface area (Å²) in [7, 11) is 0. The standard InChI is InChI=1S/C27H22N2O4/c1-3-33-22-13-9-19(10-14-22)25(30)23-24(20-6-4-5-17(2)15-20)29(27(32)26(23)31)21-11-7-18(16-28)8-12-21/h4-15,24,30H,3H2,1-2H3/b25-23-. The number of carbonyl (C=O) groups is 2. The molecule has 33 heavy (non-hydrogen) atoms. The van der Waals surface area contributed by atoms with Crippen molar-refractivity contribution >= 4 is 23.1 Å². The van der Waals surface area contributed by atoms with Crippen molar-refractivity contribution in [3.05, 3.63) is 101 Å². The number of rotatable bonds is 5. The maximum Gasteiger partial charge on any atom is 0.300 e. The normalized spacial score (nSPS) is 17.1. The zero-order valence-corrected chi connectivity index (χ0v) is 18.3. The van der Waals surface area contributed by atoms with Gasteiger partial charge >= 0.3 is 0 Å². The van der Waals surface area contributed by atoms with Gasteiger partial charge in [-0.25, -0.2) is 0 Å². The highest BCUT2D eigenvalue weighted by Crippen LogP contribution is 2.42. The molecule has 1 amide bonds. The fourth-order valence-corrected chi connectivity index (χ4v) is 3.98. The number of hydrogen-bond donors (Lipinski definition) is 1. The highest BCUT2D eigenvalue weighted by atomic mass is 16.5. The van der Waals surface area contributed by atoms with Crippen LogP contribution in [0.3, 0.4) is 0 Å². The van der Waals surface area contributed by atoms with Crippen LogP contribution in [0.2, 0.25) is 0 Å². The Kier molecular flexibility index (Phi) is 5.97. The van der Waals surface area contributed by atoms with Crippen LogP contribution in [-0.2, 0) is 9.59 Å². The number of amides is 1. The zero-order chi connectivity index (χ0) is 23.5. The van der Waals surface area contributed by atoms with Crippen molar-refractivity contribution in [1.29, 1.82) is 5.26 Å². The minimum atomic E-state index is -0.815. The van der Waals surface area contributed by atoms with Gasteiger partial charge in [0.15, 0.2) is 0 Å². The molecule has 4 rings (SSSR count). The van der Waals surface area contributed by atoms with Gasteiger partial charge in [-0.1, -0.05) is 29.8 Å². The SMILES string of the molecule is CCOc1ccc(/C(O)=C2/C(=O)C(=O)N(c3ccc(C#N)cc3)C2c2cccc(C)c2)cc1. The lowest BCUT2D eigenvalue weighted by Crippen LogP contribution is -2.29. The van der Waals surface area contributed by atoms with E-state index in [4.69, 9.17) is 10.00 Å². The molecule has 0 bridgehead atoms. The lowest BCUT2D eigenvalue weighted by Gasteiger charge is -2.25. The Morgan fingerprint density at radius 3 is 2.36 bits per heavy atom. The van der Waals surface area contributed by atoms with Gasteiger partial charge in [0.2, 0.25) is 0 Å². The molecule has 6 heteroatoms. The molecule has 1 aliphatic heterocycles. The number of Topliss-reactive ketones (excluding diaryl/α,β-unsaturated/α-hetero) is 1. The summed E-state index contributed by atoms with van der Waals surface area (Å²) in [5.74, 6) is -1.11. The number of aryl methyl sites for hydroxylation is 1. The van der Waals surface area contributed by atoms with Crippen molar-refractivity contribution in [3.8, 4) is 11.8 Å². The smallest absolute Gasteiger partial charge is 0.300 e. The average molecular weight is 438 g/mol. The molecule has 0 spiro atoms. The number of nitrogens with zero attached hydrogens (tertiary/aromatic N) is 2. The molecule has 1 fully saturated rings. The minimum absolute atomic E-state index is 0.0131. The van der Waals surface area contributed by atoms with Crippen LogP contribution in [0.25, 0.3) is 5.76 Å². The number of benzene rings is 3. The van der Waals surface area contributed by atoms with Crippen LogP contribution in [0.15, 0.2) is 78.4 Å². The number of carbonyl (C=O) groups excluding carboxylic acids is 2. The summed E-state index contributed by atoms with van der Waals surface area (Å²) in [4.78, 5) is 27.7. The highest BCUT2D eigenvalue weighted by Gasteiger charge is 2.46. The van der Waals surface area contributed by atoms with Crippen LogP contribution < -0.4 is 9.64 Å². The van der Waals surface area contributed by atoms with E-state index in [1.54, 1.807) is 48.5 Å². The maximum absolute atomic E-state index is 13.2. The van der Waals surface area contributed by atoms with E-state index < -0.39 is 17.7 Å². The Labute approximate surface area is 192 Å². The summed E-state index contributed by atoms with van der Waals surface area (Å²) < 4.78 is 5.45.